The van der Waals surface area contributed by atoms with E-state index in [4.69, 9.17) is 5.26 Å². The average Bonchev–Trinajstić information content (AvgIpc) is 2.59. The fraction of sp³-hybridized carbons (Fsp3) is 0.222. The van der Waals surface area contributed by atoms with Gasteiger partial charge in [-0.25, -0.2) is 9.98 Å². The summed E-state index contributed by atoms with van der Waals surface area (Å²) in [5, 5.41) is 9.53. The fourth-order valence-corrected chi connectivity index (χ4v) is 1.65. The molecule has 4 heteroatoms. The SMILES string of the molecule is CSC1=NC2C(C#N)=CC=C2C=N1. The van der Waals surface area contributed by atoms with E-state index in [0.29, 0.717) is 5.57 Å². The van der Waals surface area contributed by atoms with Gasteiger partial charge in [-0.1, -0.05) is 17.8 Å². The molecule has 64 valence electrons. The van der Waals surface area contributed by atoms with Gasteiger partial charge in [-0.05, 0) is 12.3 Å². The zero-order valence-electron chi connectivity index (χ0n) is 7.06. The molecule has 2 aliphatic rings. The van der Waals surface area contributed by atoms with Gasteiger partial charge in [-0.3, -0.25) is 0 Å². The van der Waals surface area contributed by atoms with E-state index in [9.17, 15) is 0 Å². The molecule has 3 nitrogen and oxygen atoms in total. The summed E-state index contributed by atoms with van der Waals surface area (Å²) in [5.41, 5.74) is 1.71. The normalized spacial score (nSPS) is 24.3. The molecular weight excluding hydrogens is 182 g/mol. The summed E-state index contributed by atoms with van der Waals surface area (Å²) in [6, 6.07) is 2.05. The number of hydrogen-bond donors (Lipinski definition) is 0. The molecule has 1 heterocycles. The maximum Gasteiger partial charge on any atom is 0.183 e. The van der Waals surface area contributed by atoms with Crippen LogP contribution in [0, 0.1) is 11.3 Å². The highest BCUT2D eigenvalue weighted by Gasteiger charge is 2.24. The van der Waals surface area contributed by atoms with Crippen molar-refractivity contribution in [1.29, 1.82) is 5.26 Å². The Morgan fingerprint density at radius 1 is 1.54 bits per heavy atom. The van der Waals surface area contributed by atoms with Gasteiger partial charge in [0.05, 0.1) is 11.6 Å². The number of nitriles is 1. The van der Waals surface area contributed by atoms with Gasteiger partial charge in [0.2, 0.25) is 0 Å². The molecule has 0 saturated heterocycles. The smallest absolute Gasteiger partial charge is 0.183 e. The molecule has 0 amide bonds. The number of amidine groups is 1. The number of nitrogens with zero attached hydrogens (tertiary/aromatic N) is 3. The summed E-state index contributed by atoms with van der Waals surface area (Å²) in [6.07, 6.45) is 7.41. The van der Waals surface area contributed by atoms with Crippen LogP contribution in [0.3, 0.4) is 0 Å². The third kappa shape index (κ3) is 1.31. The van der Waals surface area contributed by atoms with E-state index in [-0.39, 0.29) is 6.04 Å². The maximum atomic E-state index is 8.79. The van der Waals surface area contributed by atoms with Gasteiger partial charge < -0.3 is 0 Å². The second-order valence-electron chi connectivity index (χ2n) is 2.68. The third-order valence-corrected chi connectivity index (χ3v) is 2.52. The Kier molecular flexibility index (Phi) is 2.03. The maximum absolute atomic E-state index is 8.79. The minimum absolute atomic E-state index is 0.0926. The molecular formula is C9H7N3S. The summed E-state index contributed by atoms with van der Waals surface area (Å²) >= 11 is 1.50. The molecule has 1 atom stereocenters. The van der Waals surface area contributed by atoms with Crippen molar-refractivity contribution >= 4 is 23.1 Å². The van der Waals surface area contributed by atoms with Crippen LogP contribution in [0.2, 0.25) is 0 Å². The first kappa shape index (κ1) is 8.27. The van der Waals surface area contributed by atoms with Crippen molar-refractivity contribution in [2.45, 2.75) is 6.04 Å². The van der Waals surface area contributed by atoms with Crippen LogP contribution in [0.4, 0.5) is 0 Å². The van der Waals surface area contributed by atoms with Crippen molar-refractivity contribution in [3.8, 4) is 6.07 Å². The zero-order chi connectivity index (χ0) is 9.26. The van der Waals surface area contributed by atoms with Gasteiger partial charge in [-0.15, -0.1) is 0 Å². The predicted molar refractivity (Wildman–Crippen MR) is 55.0 cm³/mol. The number of aliphatic imine (C=N–C) groups is 2. The van der Waals surface area contributed by atoms with Gasteiger partial charge in [-0.2, -0.15) is 5.26 Å². The minimum Gasteiger partial charge on any atom is -0.247 e. The standard InChI is InChI=1S/C9H7N3S/c1-13-9-11-5-7-3-2-6(4-10)8(7)12-9/h2-3,5,8H,1H3. The Morgan fingerprint density at radius 3 is 3.08 bits per heavy atom. The summed E-state index contributed by atoms with van der Waals surface area (Å²) < 4.78 is 0. The summed E-state index contributed by atoms with van der Waals surface area (Å²) in [5.74, 6) is 0. The molecule has 13 heavy (non-hydrogen) atoms. The first-order chi connectivity index (χ1) is 6.35. The Balaban J connectivity index is 2.33. The number of thioether (sulfide) groups is 1. The van der Waals surface area contributed by atoms with Crippen LogP contribution in [0.15, 0.2) is 33.3 Å². The second kappa shape index (κ2) is 3.19. The van der Waals surface area contributed by atoms with Crippen LogP contribution in [-0.4, -0.2) is 23.7 Å². The van der Waals surface area contributed by atoms with Crippen molar-refractivity contribution in [3.63, 3.8) is 0 Å². The highest BCUT2D eigenvalue weighted by molar-refractivity contribution is 8.13. The van der Waals surface area contributed by atoms with Crippen molar-refractivity contribution in [2.75, 3.05) is 6.26 Å². The van der Waals surface area contributed by atoms with E-state index in [1.54, 1.807) is 12.3 Å². The van der Waals surface area contributed by atoms with Gasteiger partial charge >= 0.3 is 0 Å². The van der Waals surface area contributed by atoms with Crippen molar-refractivity contribution in [3.05, 3.63) is 23.3 Å². The third-order valence-electron chi connectivity index (χ3n) is 1.94. The molecule has 0 aromatic carbocycles. The number of rotatable bonds is 0. The van der Waals surface area contributed by atoms with Crippen LogP contribution in [-0.2, 0) is 0 Å². The number of allylic oxidation sites excluding steroid dienone is 2. The van der Waals surface area contributed by atoms with Gasteiger partial charge in [0.15, 0.2) is 5.17 Å². The van der Waals surface area contributed by atoms with Crippen LogP contribution in [0.25, 0.3) is 0 Å². The first-order valence-corrected chi connectivity index (χ1v) is 5.05. The van der Waals surface area contributed by atoms with Crippen molar-refractivity contribution in [2.24, 2.45) is 9.98 Å². The minimum atomic E-state index is -0.0926. The summed E-state index contributed by atoms with van der Waals surface area (Å²) in [7, 11) is 0. The highest BCUT2D eigenvalue weighted by atomic mass is 32.2. The van der Waals surface area contributed by atoms with Gasteiger partial charge in [0.25, 0.3) is 0 Å². The van der Waals surface area contributed by atoms with Gasteiger partial charge in [0.1, 0.15) is 6.04 Å². The fourth-order valence-electron chi connectivity index (χ4n) is 1.28. The molecule has 1 aliphatic heterocycles. The number of fused-ring (bicyclic) bond motifs is 1. The van der Waals surface area contributed by atoms with Crippen LogP contribution in [0.1, 0.15) is 0 Å². The van der Waals surface area contributed by atoms with Crippen LogP contribution < -0.4 is 0 Å². The predicted octanol–water partition coefficient (Wildman–Crippen LogP) is 1.55. The average molecular weight is 189 g/mol. The molecule has 0 spiro atoms. The lowest BCUT2D eigenvalue weighted by molar-refractivity contribution is 0.970. The molecule has 1 unspecified atom stereocenters. The molecule has 0 radical (unpaired) electrons. The summed E-state index contributed by atoms with van der Waals surface area (Å²) in [6.45, 7) is 0. The second-order valence-corrected chi connectivity index (χ2v) is 3.45. The number of hydrogen-bond acceptors (Lipinski definition) is 4. The van der Waals surface area contributed by atoms with E-state index >= 15 is 0 Å². The topological polar surface area (TPSA) is 48.5 Å². The zero-order valence-corrected chi connectivity index (χ0v) is 7.88. The largest absolute Gasteiger partial charge is 0.247 e. The van der Waals surface area contributed by atoms with E-state index in [1.807, 2.05) is 12.3 Å². The monoisotopic (exact) mass is 189 g/mol. The molecule has 0 bridgehead atoms. The molecule has 0 fully saturated rings. The first-order valence-electron chi connectivity index (χ1n) is 3.83. The summed E-state index contributed by atoms with van der Waals surface area (Å²) in [4.78, 5) is 8.47. The molecule has 1 aliphatic carbocycles. The van der Waals surface area contributed by atoms with E-state index in [1.165, 1.54) is 11.8 Å². The molecule has 0 aromatic heterocycles. The molecule has 0 saturated carbocycles. The molecule has 2 rings (SSSR count). The van der Waals surface area contributed by atoms with E-state index < -0.39 is 0 Å². The lowest BCUT2D eigenvalue weighted by atomic mass is 10.1. The van der Waals surface area contributed by atoms with Crippen LogP contribution >= 0.6 is 11.8 Å². The highest BCUT2D eigenvalue weighted by Crippen LogP contribution is 2.25. The lowest BCUT2D eigenvalue weighted by Gasteiger charge is -2.12. The Bertz CT molecular complexity index is 396. The van der Waals surface area contributed by atoms with Crippen molar-refractivity contribution in [1.82, 2.24) is 0 Å². The quantitative estimate of drug-likeness (QED) is 0.580. The van der Waals surface area contributed by atoms with Gasteiger partial charge in [0, 0.05) is 11.8 Å². The Morgan fingerprint density at radius 2 is 2.38 bits per heavy atom. The van der Waals surface area contributed by atoms with Crippen molar-refractivity contribution < 1.29 is 0 Å². The lowest BCUT2D eigenvalue weighted by Crippen LogP contribution is -2.14. The van der Waals surface area contributed by atoms with Crippen LogP contribution in [0.5, 0.6) is 0 Å². The van der Waals surface area contributed by atoms with E-state index in [2.05, 4.69) is 16.1 Å². The molecule has 0 aromatic rings. The Hall–Kier alpha value is -1.34. The van der Waals surface area contributed by atoms with E-state index in [0.717, 1.165) is 10.7 Å². The molecule has 0 N–H and O–H groups in total. The Labute approximate surface area is 80.6 Å².